The maximum atomic E-state index is 6.65. The molecule has 0 atom stereocenters. The van der Waals surface area contributed by atoms with Crippen LogP contribution in [0, 0.1) is 0 Å². The summed E-state index contributed by atoms with van der Waals surface area (Å²) in [6.07, 6.45) is 1.88. The van der Waals surface area contributed by atoms with E-state index in [1.165, 1.54) is 32.9 Å². The predicted molar refractivity (Wildman–Crippen MR) is 239 cm³/mol. The fourth-order valence-electron chi connectivity index (χ4n) is 9.30. The molecule has 0 spiro atoms. The number of aromatic nitrogens is 3. The van der Waals surface area contributed by atoms with Gasteiger partial charge in [-0.3, -0.25) is 9.88 Å². The first kappa shape index (κ1) is 32.0. The Balaban J connectivity index is 0.988. The van der Waals surface area contributed by atoms with Crippen LogP contribution in [0.1, 0.15) is 0 Å². The number of pyridine rings is 1. The monoisotopic (exact) mass is 756 g/mol. The molecular weight excluding hydrogens is 725 g/mol. The first-order chi connectivity index (χ1) is 29.2. The molecule has 0 radical (unpaired) electrons. The number of fused-ring (bicyclic) bond motifs is 10. The standard InChI is InChI=1S/C53H32N4O2/c1-3-12-33(13-4-1)34-21-24-42-39(28-34)40-29-35(22-25-43(40)55(42)37-14-5-2-6-15-37)36-23-26-44-41(30-36)52-47(18-11-27-54-52)56(44)38-31-50-53-51(32-38)59-49-20-10-8-17-46(49)57(53)45-16-7-9-19-48(45)58-50/h1-32H. The molecule has 6 heteroatoms. The van der Waals surface area contributed by atoms with Gasteiger partial charge in [-0.05, 0) is 107 Å². The summed E-state index contributed by atoms with van der Waals surface area (Å²) in [7, 11) is 0. The lowest BCUT2D eigenvalue weighted by Gasteiger charge is -2.38. The van der Waals surface area contributed by atoms with Gasteiger partial charge < -0.3 is 18.6 Å². The third-order valence-electron chi connectivity index (χ3n) is 11.9. The van der Waals surface area contributed by atoms with E-state index in [1.54, 1.807) is 0 Å². The number of hydrogen-bond donors (Lipinski definition) is 0. The molecule has 11 aromatic rings. The van der Waals surface area contributed by atoms with Crippen LogP contribution in [-0.4, -0.2) is 14.1 Å². The van der Waals surface area contributed by atoms with Crippen molar-refractivity contribution in [2.75, 3.05) is 4.90 Å². The normalized spacial score (nSPS) is 12.6. The fraction of sp³-hybridized carbons (Fsp3) is 0. The quantitative estimate of drug-likeness (QED) is 0.179. The van der Waals surface area contributed by atoms with Crippen LogP contribution in [0.3, 0.4) is 0 Å². The van der Waals surface area contributed by atoms with Crippen molar-refractivity contribution in [1.82, 2.24) is 14.1 Å². The van der Waals surface area contributed by atoms with Crippen molar-refractivity contribution < 1.29 is 9.47 Å². The number of nitrogens with zero attached hydrogens (tertiary/aromatic N) is 4. The summed E-state index contributed by atoms with van der Waals surface area (Å²) in [5.41, 5.74) is 14.9. The lowest BCUT2D eigenvalue weighted by Crippen LogP contribution is -2.20. The lowest BCUT2D eigenvalue weighted by atomic mass is 9.99. The van der Waals surface area contributed by atoms with Crippen molar-refractivity contribution >= 4 is 60.8 Å². The van der Waals surface area contributed by atoms with Crippen LogP contribution in [0.5, 0.6) is 23.0 Å². The van der Waals surface area contributed by atoms with E-state index in [2.05, 4.69) is 160 Å². The Labute approximate surface area is 339 Å². The molecular formula is C53H32N4O2. The Kier molecular flexibility index (Phi) is 6.63. The van der Waals surface area contributed by atoms with E-state index in [0.29, 0.717) is 0 Å². The third kappa shape index (κ3) is 4.71. The van der Waals surface area contributed by atoms with Gasteiger partial charge in [0.1, 0.15) is 5.69 Å². The van der Waals surface area contributed by atoms with Crippen molar-refractivity contribution in [3.63, 3.8) is 0 Å². The van der Waals surface area contributed by atoms with Gasteiger partial charge in [-0.1, -0.05) is 91.0 Å². The summed E-state index contributed by atoms with van der Waals surface area (Å²) >= 11 is 0. The van der Waals surface area contributed by atoms with Gasteiger partial charge in [0.25, 0.3) is 0 Å². The smallest absolute Gasteiger partial charge is 0.157 e. The van der Waals surface area contributed by atoms with Crippen LogP contribution in [0.15, 0.2) is 194 Å². The maximum absolute atomic E-state index is 6.65. The molecule has 0 fully saturated rings. The molecule has 3 aromatic heterocycles. The Bertz CT molecular complexity index is 3440. The van der Waals surface area contributed by atoms with Gasteiger partial charge in [0.05, 0.1) is 44.6 Å². The molecule has 8 aromatic carbocycles. The van der Waals surface area contributed by atoms with Crippen LogP contribution < -0.4 is 14.4 Å². The largest absolute Gasteiger partial charge is 0.453 e. The zero-order chi connectivity index (χ0) is 38.6. The Hall–Kier alpha value is -8.09. The van der Waals surface area contributed by atoms with Crippen LogP contribution >= 0.6 is 0 Å². The Morgan fingerprint density at radius 2 is 0.864 bits per heavy atom. The maximum Gasteiger partial charge on any atom is 0.157 e. The number of hydrogen-bond acceptors (Lipinski definition) is 4. The lowest BCUT2D eigenvalue weighted by molar-refractivity contribution is 0.445. The number of rotatable bonds is 4. The van der Waals surface area contributed by atoms with E-state index < -0.39 is 0 Å². The van der Waals surface area contributed by atoms with Gasteiger partial charge >= 0.3 is 0 Å². The third-order valence-corrected chi connectivity index (χ3v) is 11.9. The van der Waals surface area contributed by atoms with Gasteiger partial charge in [0.2, 0.25) is 0 Å². The molecule has 0 aliphatic carbocycles. The molecule has 0 unspecified atom stereocenters. The number of para-hydroxylation sites is 5. The molecule has 59 heavy (non-hydrogen) atoms. The summed E-state index contributed by atoms with van der Waals surface area (Å²) in [6, 6.07) is 66.4. The minimum atomic E-state index is 0.736. The van der Waals surface area contributed by atoms with E-state index in [9.17, 15) is 0 Å². The summed E-state index contributed by atoms with van der Waals surface area (Å²) in [4.78, 5) is 7.23. The highest BCUT2D eigenvalue weighted by Gasteiger charge is 2.35. The molecule has 0 saturated carbocycles. The zero-order valence-corrected chi connectivity index (χ0v) is 31.6. The highest BCUT2D eigenvalue weighted by molar-refractivity contribution is 6.13. The number of anilines is 3. The van der Waals surface area contributed by atoms with Crippen LogP contribution in [0.2, 0.25) is 0 Å². The van der Waals surface area contributed by atoms with Crippen molar-refractivity contribution in [2.24, 2.45) is 0 Å². The van der Waals surface area contributed by atoms with E-state index >= 15 is 0 Å². The molecule has 0 saturated heterocycles. The highest BCUT2D eigenvalue weighted by atomic mass is 16.5. The summed E-state index contributed by atoms with van der Waals surface area (Å²) in [5, 5.41) is 3.50. The summed E-state index contributed by atoms with van der Waals surface area (Å²) < 4.78 is 18.0. The second kappa shape index (κ2) is 12.2. The van der Waals surface area contributed by atoms with Gasteiger partial charge in [-0.25, -0.2) is 0 Å². The fourth-order valence-corrected chi connectivity index (χ4v) is 9.30. The molecule has 13 rings (SSSR count). The first-order valence-corrected chi connectivity index (χ1v) is 19.9. The minimum absolute atomic E-state index is 0.736. The Morgan fingerprint density at radius 1 is 0.356 bits per heavy atom. The van der Waals surface area contributed by atoms with Gasteiger partial charge in [0.15, 0.2) is 23.0 Å². The average molecular weight is 757 g/mol. The van der Waals surface area contributed by atoms with Crippen LogP contribution in [0.4, 0.5) is 17.1 Å². The summed E-state index contributed by atoms with van der Waals surface area (Å²) in [5.74, 6) is 3.07. The van der Waals surface area contributed by atoms with Gasteiger partial charge in [-0.2, -0.15) is 0 Å². The van der Waals surface area contributed by atoms with Crippen molar-refractivity contribution in [3.8, 4) is 56.6 Å². The predicted octanol–water partition coefficient (Wildman–Crippen LogP) is 14.3. The number of ether oxygens (including phenoxy) is 2. The number of benzene rings is 8. The molecule has 2 aliphatic heterocycles. The van der Waals surface area contributed by atoms with E-state index in [1.807, 2.05) is 48.7 Å². The van der Waals surface area contributed by atoms with Crippen LogP contribution in [-0.2, 0) is 0 Å². The second-order valence-electron chi connectivity index (χ2n) is 15.2. The zero-order valence-electron chi connectivity index (χ0n) is 31.6. The molecule has 276 valence electrons. The molecule has 5 heterocycles. The van der Waals surface area contributed by atoms with E-state index in [0.717, 1.165) is 84.5 Å². The van der Waals surface area contributed by atoms with Crippen LogP contribution in [0.25, 0.3) is 77.4 Å². The van der Waals surface area contributed by atoms with Crippen molar-refractivity contribution in [3.05, 3.63) is 194 Å². The van der Waals surface area contributed by atoms with Gasteiger partial charge in [-0.15, -0.1) is 0 Å². The van der Waals surface area contributed by atoms with Gasteiger partial charge in [0, 0.05) is 40.2 Å². The SMILES string of the molecule is c1ccc(-c2ccc3c(c2)c2cc(-c4ccc5c(c4)c4ncccc4n5-c4cc5c6c(c4)Oc4ccccc4N6c4ccccc4O5)ccc2n3-c2ccccc2)cc1. The average Bonchev–Trinajstić information content (AvgIpc) is 3.81. The first-order valence-electron chi connectivity index (χ1n) is 19.9. The topological polar surface area (TPSA) is 44.4 Å². The van der Waals surface area contributed by atoms with E-state index in [-0.39, 0.29) is 0 Å². The highest BCUT2D eigenvalue weighted by Crippen LogP contribution is 2.60. The molecule has 6 nitrogen and oxygen atoms in total. The molecule has 0 N–H and O–H groups in total. The molecule has 0 bridgehead atoms. The van der Waals surface area contributed by atoms with E-state index in [4.69, 9.17) is 14.5 Å². The van der Waals surface area contributed by atoms with Crippen molar-refractivity contribution in [2.45, 2.75) is 0 Å². The summed E-state index contributed by atoms with van der Waals surface area (Å²) in [6.45, 7) is 0. The Morgan fingerprint density at radius 3 is 1.49 bits per heavy atom. The minimum Gasteiger partial charge on any atom is -0.453 e. The van der Waals surface area contributed by atoms with Crippen molar-refractivity contribution in [1.29, 1.82) is 0 Å². The second-order valence-corrected chi connectivity index (χ2v) is 15.2. The molecule has 0 amide bonds. The molecule has 2 aliphatic rings.